The minimum absolute atomic E-state index is 0.0673. The van der Waals surface area contributed by atoms with Gasteiger partial charge in [0.05, 0.1) is 4.90 Å². The predicted molar refractivity (Wildman–Crippen MR) is 162 cm³/mol. The van der Waals surface area contributed by atoms with E-state index in [-0.39, 0.29) is 35.3 Å². The summed E-state index contributed by atoms with van der Waals surface area (Å²) in [5.41, 5.74) is 1.84. The van der Waals surface area contributed by atoms with Crippen molar-refractivity contribution in [1.29, 1.82) is 0 Å². The van der Waals surface area contributed by atoms with Crippen LogP contribution in [-0.4, -0.2) is 55.9 Å². The number of rotatable bonds is 11. The maximum Gasteiger partial charge on any atom is 0.243 e. The molecule has 4 rings (SSSR count). The lowest BCUT2D eigenvalue weighted by atomic mass is 9.99. The fourth-order valence-electron chi connectivity index (χ4n) is 5.27. The molecule has 1 aliphatic heterocycles. The van der Waals surface area contributed by atoms with Crippen molar-refractivity contribution in [2.24, 2.45) is 0 Å². The quantitative estimate of drug-likeness (QED) is 0.288. The number of nitrogens with one attached hydrogen (secondary N) is 3. The third-order valence-corrected chi connectivity index (χ3v) is 9.54. The minimum Gasteiger partial charge on any atom is -0.373 e. The van der Waals surface area contributed by atoms with E-state index < -0.39 is 21.9 Å². The summed E-state index contributed by atoms with van der Waals surface area (Å²) in [4.78, 5) is 13.4. The highest BCUT2D eigenvalue weighted by Gasteiger charge is 2.37. The molecule has 0 spiro atoms. The second-order valence-electron chi connectivity index (χ2n) is 10.8. The Morgan fingerprint density at radius 2 is 1.76 bits per heavy atom. The zero-order chi connectivity index (χ0) is 29.6. The molecule has 0 aliphatic carbocycles. The van der Waals surface area contributed by atoms with Crippen molar-refractivity contribution in [2.45, 2.75) is 69.1 Å². The summed E-state index contributed by atoms with van der Waals surface area (Å²) < 4.78 is 44.1. The highest BCUT2D eigenvalue weighted by Crippen LogP contribution is 2.28. The Hall–Kier alpha value is -2.98. The van der Waals surface area contributed by atoms with E-state index in [2.05, 4.69) is 16.0 Å². The molecular formula is C31H38ClFN4O3S. The van der Waals surface area contributed by atoms with Gasteiger partial charge in [0, 0.05) is 53.9 Å². The minimum atomic E-state index is -3.74. The monoisotopic (exact) mass is 600 g/mol. The van der Waals surface area contributed by atoms with Gasteiger partial charge in [-0.05, 0) is 75.6 Å². The van der Waals surface area contributed by atoms with Gasteiger partial charge < -0.3 is 16.0 Å². The number of sulfonamides is 1. The molecule has 0 unspecified atom stereocenters. The van der Waals surface area contributed by atoms with E-state index >= 15 is 4.39 Å². The van der Waals surface area contributed by atoms with Crippen molar-refractivity contribution in [3.8, 4) is 0 Å². The first kappa shape index (κ1) is 31.0. The average molecular weight is 601 g/mol. The molecule has 0 bridgehead atoms. The summed E-state index contributed by atoms with van der Waals surface area (Å²) in [5.74, 6) is -0.602. The van der Waals surface area contributed by atoms with Crippen LogP contribution >= 0.6 is 11.6 Å². The molecule has 0 aromatic heterocycles. The zero-order valence-electron chi connectivity index (χ0n) is 23.6. The van der Waals surface area contributed by atoms with Crippen LogP contribution in [0.3, 0.4) is 0 Å². The van der Waals surface area contributed by atoms with Gasteiger partial charge in [0.25, 0.3) is 0 Å². The number of halogens is 2. The maximum atomic E-state index is 15.3. The van der Waals surface area contributed by atoms with Crippen LogP contribution in [0.4, 0.5) is 10.1 Å². The number of nitrogens with zero attached hydrogens (tertiary/aromatic N) is 1. The Kier molecular flexibility index (Phi) is 10.4. The molecular weight excluding hydrogens is 563 g/mol. The van der Waals surface area contributed by atoms with Crippen LogP contribution in [0.1, 0.15) is 38.3 Å². The van der Waals surface area contributed by atoms with Gasteiger partial charge in [-0.15, -0.1) is 0 Å². The molecule has 3 aromatic rings. The van der Waals surface area contributed by atoms with Gasteiger partial charge in [0.1, 0.15) is 11.9 Å². The first-order chi connectivity index (χ1) is 19.6. The smallest absolute Gasteiger partial charge is 0.243 e. The Morgan fingerprint density at radius 3 is 2.44 bits per heavy atom. The maximum absolute atomic E-state index is 15.3. The molecule has 3 aromatic carbocycles. The van der Waals surface area contributed by atoms with Gasteiger partial charge in [-0.2, -0.15) is 4.31 Å². The number of carbonyl (C=O) groups excluding carboxylic acids is 1. The van der Waals surface area contributed by atoms with Crippen molar-refractivity contribution >= 4 is 33.2 Å². The molecule has 1 saturated heterocycles. The molecule has 41 heavy (non-hydrogen) atoms. The number of carbonyl (C=O) groups is 1. The van der Waals surface area contributed by atoms with E-state index in [4.69, 9.17) is 11.6 Å². The number of hydrogen-bond donors (Lipinski definition) is 3. The lowest BCUT2D eigenvalue weighted by Crippen LogP contribution is -2.58. The van der Waals surface area contributed by atoms with Gasteiger partial charge in [-0.1, -0.05) is 48.0 Å². The zero-order valence-corrected chi connectivity index (χ0v) is 25.2. The molecule has 1 amide bonds. The SMILES string of the molecule is CC(C)NC(=O)[C@H](Cc1ccc(Cl)cc1)Nc1cccc(F)c1CC[C@H]1CNC[C@H](C)N1S(=O)(=O)c1ccccc1. The van der Waals surface area contributed by atoms with E-state index in [0.717, 1.165) is 5.56 Å². The van der Waals surface area contributed by atoms with E-state index in [9.17, 15) is 13.2 Å². The number of hydrogen-bond acceptors (Lipinski definition) is 5. The number of benzene rings is 3. The number of amides is 1. The van der Waals surface area contributed by atoms with Gasteiger partial charge in [0.2, 0.25) is 15.9 Å². The fraction of sp³-hybridized carbons (Fsp3) is 0.387. The van der Waals surface area contributed by atoms with Gasteiger partial charge >= 0.3 is 0 Å². The third kappa shape index (κ3) is 7.86. The third-order valence-electron chi connectivity index (χ3n) is 7.21. The summed E-state index contributed by atoms with van der Waals surface area (Å²) in [7, 11) is -3.74. The molecule has 0 saturated carbocycles. The molecule has 1 aliphatic rings. The summed E-state index contributed by atoms with van der Waals surface area (Å²) in [5, 5.41) is 10.2. The lowest BCUT2D eigenvalue weighted by molar-refractivity contribution is -0.122. The first-order valence-electron chi connectivity index (χ1n) is 13.9. The highest BCUT2D eigenvalue weighted by molar-refractivity contribution is 7.89. The lowest BCUT2D eigenvalue weighted by Gasteiger charge is -2.40. The van der Waals surface area contributed by atoms with Crippen molar-refractivity contribution in [1.82, 2.24) is 14.9 Å². The van der Waals surface area contributed by atoms with Crippen LogP contribution in [0.5, 0.6) is 0 Å². The Morgan fingerprint density at radius 1 is 1.05 bits per heavy atom. The average Bonchev–Trinajstić information content (AvgIpc) is 2.93. The van der Waals surface area contributed by atoms with E-state index in [1.54, 1.807) is 58.9 Å². The number of piperazine rings is 1. The summed E-state index contributed by atoms with van der Waals surface area (Å²) >= 11 is 6.05. The molecule has 3 N–H and O–H groups in total. The van der Waals surface area contributed by atoms with Crippen LogP contribution in [0.15, 0.2) is 77.7 Å². The standard InChI is InChI=1S/C31H38ClFN4O3S/c1-21(2)35-31(38)30(18-23-12-14-24(32)15-13-23)36-29-11-7-10-28(33)27(29)17-16-25-20-34-19-22(3)37(25)41(39,40)26-8-5-4-6-9-26/h4-15,21-22,25,30,34,36H,16-20H2,1-3H3,(H,35,38)/t22-,25-,30-/m0/s1. The number of anilines is 1. The van der Waals surface area contributed by atoms with Crippen molar-refractivity contribution in [2.75, 3.05) is 18.4 Å². The molecule has 1 heterocycles. The van der Waals surface area contributed by atoms with Crippen LogP contribution in [0.2, 0.25) is 5.02 Å². The molecule has 0 radical (unpaired) electrons. The van der Waals surface area contributed by atoms with Crippen LogP contribution in [0, 0.1) is 5.82 Å². The molecule has 7 nitrogen and oxygen atoms in total. The predicted octanol–water partition coefficient (Wildman–Crippen LogP) is 5.01. The largest absolute Gasteiger partial charge is 0.373 e. The van der Waals surface area contributed by atoms with E-state index in [1.165, 1.54) is 6.07 Å². The van der Waals surface area contributed by atoms with Gasteiger partial charge in [0.15, 0.2) is 0 Å². The highest BCUT2D eigenvalue weighted by atomic mass is 35.5. The van der Waals surface area contributed by atoms with Crippen molar-refractivity contribution in [3.05, 3.63) is 94.8 Å². The Bertz CT molecular complexity index is 1420. The first-order valence-corrected chi connectivity index (χ1v) is 15.8. The normalized spacial score (nSPS) is 18.7. The Labute approximate surface area is 247 Å². The Balaban J connectivity index is 1.57. The van der Waals surface area contributed by atoms with Crippen molar-refractivity contribution < 1.29 is 17.6 Å². The van der Waals surface area contributed by atoms with Crippen molar-refractivity contribution in [3.63, 3.8) is 0 Å². The summed E-state index contributed by atoms with van der Waals surface area (Å²) in [6.45, 7) is 6.65. The molecule has 220 valence electrons. The molecule has 1 fully saturated rings. The molecule has 3 atom stereocenters. The molecule has 10 heteroatoms. The van der Waals surface area contributed by atoms with Crippen LogP contribution in [-0.2, 0) is 27.7 Å². The van der Waals surface area contributed by atoms with E-state index in [1.807, 2.05) is 32.9 Å². The van der Waals surface area contributed by atoms with E-state index in [0.29, 0.717) is 42.2 Å². The fourth-order valence-corrected chi connectivity index (χ4v) is 7.26. The summed E-state index contributed by atoms with van der Waals surface area (Å²) in [6, 6.07) is 19.1. The van der Waals surface area contributed by atoms with Gasteiger partial charge in [-0.25, -0.2) is 12.8 Å². The van der Waals surface area contributed by atoms with Gasteiger partial charge in [-0.3, -0.25) is 4.79 Å². The topological polar surface area (TPSA) is 90.5 Å². The van der Waals surface area contributed by atoms with Crippen LogP contribution in [0.25, 0.3) is 0 Å². The second kappa shape index (κ2) is 13.8. The summed E-state index contributed by atoms with van der Waals surface area (Å²) in [6.07, 6.45) is 1.06. The van der Waals surface area contributed by atoms with Crippen LogP contribution < -0.4 is 16.0 Å². The second-order valence-corrected chi connectivity index (χ2v) is 13.1.